The molecule has 5 aromatic rings. The molecule has 2 aromatic carbocycles. The fourth-order valence-electron chi connectivity index (χ4n) is 5.18. The standard InChI is InChI=1S/C28H25N5O2/c1-17-9-23-13-22(15-34)31-33(23)28(20-5-6-24-25(12-20)32(2)16-30-24)27(17)26(35)11-18-3-4-21-14-29-8-7-19(21)10-18/h3-8,10,12-14,16,28,34H,9,11,15H2,1-2H3. The monoisotopic (exact) mass is 463 g/mol. The Bertz CT molecular complexity index is 1640. The summed E-state index contributed by atoms with van der Waals surface area (Å²) < 4.78 is 3.89. The van der Waals surface area contributed by atoms with E-state index in [0.717, 1.165) is 49.8 Å². The van der Waals surface area contributed by atoms with Crippen molar-refractivity contribution in [2.45, 2.75) is 32.4 Å². The fourth-order valence-corrected chi connectivity index (χ4v) is 5.18. The Balaban J connectivity index is 1.45. The fraction of sp³-hybridized carbons (Fsp3) is 0.214. The Hall–Kier alpha value is -4.10. The molecule has 0 saturated carbocycles. The quantitative estimate of drug-likeness (QED) is 0.424. The third kappa shape index (κ3) is 3.65. The van der Waals surface area contributed by atoms with Crippen molar-refractivity contribution in [2.24, 2.45) is 7.05 Å². The predicted octanol–water partition coefficient (Wildman–Crippen LogP) is 4.08. The molecule has 0 spiro atoms. The van der Waals surface area contributed by atoms with E-state index in [-0.39, 0.29) is 18.4 Å². The first-order chi connectivity index (χ1) is 17.0. The van der Waals surface area contributed by atoms with Crippen LogP contribution in [0.4, 0.5) is 0 Å². The van der Waals surface area contributed by atoms with Gasteiger partial charge in [-0.05, 0) is 47.7 Å². The van der Waals surface area contributed by atoms with Gasteiger partial charge in [-0.25, -0.2) is 4.98 Å². The molecule has 1 aliphatic rings. The summed E-state index contributed by atoms with van der Waals surface area (Å²) in [5.74, 6) is 0.0812. The molecule has 0 amide bonds. The Morgan fingerprint density at radius 2 is 2.00 bits per heavy atom. The van der Waals surface area contributed by atoms with Crippen molar-refractivity contribution in [3.05, 3.63) is 101 Å². The van der Waals surface area contributed by atoms with Crippen LogP contribution < -0.4 is 0 Å². The lowest BCUT2D eigenvalue weighted by molar-refractivity contribution is -0.115. The van der Waals surface area contributed by atoms with Crippen molar-refractivity contribution in [3.63, 3.8) is 0 Å². The zero-order valence-electron chi connectivity index (χ0n) is 19.6. The molecule has 0 aliphatic carbocycles. The molecule has 0 radical (unpaired) electrons. The summed E-state index contributed by atoms with van der Waals surface area (Å²) in [6.07, 6.45) is 6.32. The minimum atomic E-state index is -0.365. The molecule has 4 heterocycles. The number of benzene rings is 2. The lowest BCUT2D eigenvalue weighted by Crippen LogP contribution is -2.28. The van der Waals surface area contributed by atoms with Crippen LogP contribution in [0.15, 0.2) is 78.4 Å². The number of nitrogens with zero attached hydrogens (tertiary/aromatic N) is 5. The molecule has 0 fully saturated rings. The van der Waals surface area contributed by atoms with Crippen LogP contribution in [0.2, 0.25) is 0 Å². The van der Waals surface area contributed by atoms with Gasteiger partial charge in [-0.15, -0.1) is 0 Å². The number of allylic oxidation sites excluding steroid dienone is 2. The largest absolute Gasteiger partial charge is 0.390 e. The first-order valence-electron chi connectivity index (χ1n) is 11.7. The Morgan fingerprint density at radius 1 is 1.11 bits per heavy atom. The van der Waals surface area contributed by atoms with Crippen molar-refractivity contribution < 1.29 is 9.90 Å². The van der Waals surface area contributed by atoms with Gasteiger partial charge in [0.15, 0.2) is 5.78 Å². The Morgan fingerprint density at radius 3 is 2.86 bits per heavy atom. The molecule has 1 unspecified atom stereocenters. The van der Waals surface area contributed by atoms with Crippen LogP contribution in [0.5, 0.6) is 0 Å². The van der Waals surface area contributed by atoms with E-state index in [1.165, 1.54) is 0 Å². The number of carbonyl (C=O) groups is 1. The van der Waals surface area contributed by atoms with Gasteiger partial charge in [-0.1, -0.05) is 29.8 Å². The second kappa shape index (κ2) is 8.29. The van der Waals surface area contributed by atoms with Crippen LogP contribution >= 0.6 is 0 Å². The van der Waals surface area contributed by atoms with Crippen molar-refractivity contribution >= 4 is 27.6 Å². The smallest absolute Gasteiger partial charge is 0.165 e. The number of aromatic nitrogens is 5. The average molecular weight is 464 g/mol. The maximum absolute atomic E-state index is 13.9. The predicted molar refractivity (Wildman–Crippen MR) is 134 cm³/mol. The van der Waals surface area contributed by atoms with Gasteiger partial charge in [0.25, 0.3) is 0 Å². The second-order valence-electron chi connectivity index (χ2n) is 9.26. The Kier molecular flexibility index (Phi) is 5.07. The number of pyridine rings is 1. The van der Waals surface area contributed by atoms with E-state index in [4.69, 9.17) is 0 Å². The van der Waals surface area contributed by atoms with Crippen molar-refractivity contribution in [2.75, 3.05) is 0 Å². The van der Waals surface area contributed by atoms with Crippen LogP contribution in [-0.2, 0) is 31.3 Å². The molecular weight excluding hydrogens is 438 g/mol. The molecule has 7 heteroatoms. The van der Waals surface area contributed by atoms with E-state index >= 15 is 0 Å². The number of hydrogen-bond acceptors (Lipinski definition) is 5. The number of ketones is 1. The molecule has 0 bridgehead atoms. The maximum atomic E-state index is 13.9. The van der Waals surface area contributed by atoms with E-state index in [9.17, 15) is 9.90 Å². The van der Waals surface area contributed by atoms with E-state index < -0.39 is 0 Å². The molecule has 3 aromatic heterocycles. The number of carbonyl (C=O) groups excluding carboxylic acids is 1. The number of fused-ring (bicyclic) bond motifs is 3. The number of aliphatic hydroxyl groups is 1. The normalized spacial score (nSPS) is 15.7. The maximum Gasteiger partial charge on any atom is 0.165 e. The minimum Gasteiger partial charge on any atom is -0.390 e. The number of imidazole rings is 1. The zero-order chi connectivity index (χ0) is 24.1. The SMILES string of the molecule is CC1=C(C(=O)Cc2ccc3cnccc3c2)C(c2ccc3ncn(C)c3c2)n2nc(CO)cc2C1. The molecule has 0 saturated heterocycles. The molecule has 35 heavy (non-hydrogen) atoms. The van der Waals surface area contributed by atoms with Gasteiger partial charge in [0.1, 0.15) is 6.04 Å². The zero-order valence-corrected chi connectivity index (χ0v) is 19.6. The summed E-state index contributed by atoms with van der Waals surface area (Å²) in [7, 11) is 1.96. The third-order valence-corrected chi connectivity index (χ3v) is 6.89. The number of aliphatic hydroxyl groups excluding tert-OH is 1. The molecule has 6 rings (SSSR count). The molecule has 174 valence electrons. The van der Waals surface area contributed by atoms with Crippen LogP contribution in [0, 0.1) is 0 Å². The van der Waals surface area contributed by atoms with Gasteiger partial charge in [0.2, 0.25) is 0 Å². The summed E-state index contributed by atoms with van der Waals surface area (Å²) in [5.41, 5.74) is 7.25. The molecule has 1 aliphatic heterocycles. The van der Waals surface area contributed by atoms with Gasteiger partial charge < -0.3 is 9.67 Å². The summed E-state index contributed by atoms with van der Waals surface area (Å²) in [6.45, 7) is 1.89. The first-order valence-corrected chi connectivity index (χ1v) is 11.7. The topological polar surface area (TPSA) is 85.8 Å². The van der Waals surface area contributed by atoms with Crippen LogP contribution in [0.3, 0.4) is 0 Å². The number of aryl methyl sites for hydroxylation is 1. The van der Waals surface area contributed by atoms with E-state index in [1.54, 1.807) is 12.5 Å². The number of Topliss-reactive ketones (excluding diaryl/α,β-unsaturated/α-hetero) is 1. The van der Waals surface area contributed by atoms with Crippen LogP contribution in [0.25, 0.3) is 21.8 Å². The third-order valence-electron chi connectivity index (χ3n) is 6.89. The lowest BCUT2D eigenvalue weighted by Gasteiger charge is -2.29. The van der Waals surface area contributed by atoms with E-state index in [0.29, 0.717) is 18.5 Å². The molecule has 1 N–H and O–H groups in total. The number of rotatable bonds is 5. The van der Waals surface area contributed by atoms with Crippen LogP contribution in [-0.4, -0.2) is 35.2 Å². The van der Waals surface area contributed by atoms with Crippen molar-refractivity contribution in [1.82, 2.24) is 24.3 Å². The Labute approximate surface area is 202 Å². The molecule has 7 nitrogen and oxygen atoms in total. The highest BCUT2D eigenvalue weighted by Gasteiger charge is 2.33. The highest BCUT2D eigenvalue weighted by Crippen LogP contribution is 2.37. The van der Waals surface area contributed by atoms with Gasteiger partial charge in [-0.2, -0.15) is 5.10 Å². The molecular formula is C28H25N5O2. The van der Waals surface area contributed by atoms with Gasteiger partial charge >= 0.3 is 0 Å². The van der Waals surface area contributed by atoms with Gasteiger partial charge in [-0.3, -0.25) is 14.5 Å². The van der Waals surface area contributed by atoms with Crippen molar-refractivity contribution in [1.29, 1.82) is 0 Å². The average Bonchev–Trinajstić information content (AvgIpc) is 3.45. The summed E-state index contributed by atoms with van der Waals surface area (Å²) >= 11 is 0. The summed E-state index contributed by atoms with van der Waals surface area (Å²) in [4.78, 5) is 22.5. The van der Waals surface area contributed by atoms with Crippen molar-refractivity contribution in [3.8, 4) is 0 Å². The first kappa shape index (κ1) is 21.4. The van der Waals surface area contributed by atoms with Gasteiger partial charge in [0, 0.05) is 48.9 Å². The lowest BCUT2D eigenvalue weighted by atomic mass is 9.85. The van der Waals surface area contributed by atoms with Gasteiger partial charge in [0.05, 0.1) is 29.7 Å². The number of hydrogen-bond donors (Lipinski definition) is 1. The molecule has 1 atom stereocenters. The van der Waals surface area contributed by atoms with E-state index in [1.807, 2.05) is 65.8 Å². The second-order valence-corrected chi connectivity index (χ2v) is 9.26. The van der Waals surface area contributed by atoms with E-state index in [2.05, 4.69) is 27.2 Å². The summed E-state index contributed by atoms with van der Waals surface area (Å²) in [5, 5.41) is 16.5. The highest BCUT2D eigenvalue weighted by atomic mass is 16.3. The summed E-state index contributed by atoms with van der Waals surface area (Å²) in [6, 6.07) is 15.7. The van der Waals surface area contributed by atoms with Crippen LogP contribution in [0.1, 0.15) is 35.5 Å². The minimum absolute atomic E-state index is 0.0812. The highest BCUT2D eigenvalue weighted by molar-refractivity contribution is 6.00.